The van der Waals surface area contributed by atoms with Crippen LogP contribution in [0.15, 0.2) is 78.9 Å². The normalized spacial score (nSPS) is 18.3. The third kappa shape index (κ3) is 1.91. The molecule has 2 aliphatic rings. The summed E-state index contributed by atoms with van der Waals surface area (Å²) >= 11 is 0. The van der Waals surface area contributed by atoms with Gasteiger partial charge in [-0.2, -0.15) is 0 Å². The Kier molecular flexibility index (Phi) is 2.89. The molecule has 0 heterocycles. The molecule has 2 aromatic carbocycles. The maximum Gasteiger partial charge on any atom is 0.0282 e. The van der Waals surface area contributed by atoms with E-state index in [1.54, 1.807) is 0 Å². The SMILES string of the molecule is C=CC1c2ccccc2-c2cccc(CC3=CC=CC3)c21. The molecule has 0 N–H and O–H groups in total. The highest BCUT2D eigenvalue weighted by Gasteiger charge is 2.28. The Bertz CT molecular complexity index is 774. The lowest BCUT2D eigenvalue weighted by molar-refractivity contribution is 1.00. The van der Waals surface area contributed by atoms with Crippen LogP contribution in [0.2, 0.25) is 0 Å². The van der Waals surface area contributed by atoms with E-state index in [0.29, 0.717) is 5.92 Å². The van der Waals surface area contributed by atoms with E-state index < -0.39 is 0 Å². The van der Waals surface area contributed by atoms with Gasteiger partial charge >= 0.3 is 0 Å². The van der Waals surface area contributed by atoms with Crippen LogP contribution in [0, 0.1) is 0 Å². The van der Waals surface area contributed by atoms with Crippen LogP contribution >= 0.6 is 0 Å². The molecule has 2 aromatic rings. The number of hydrogen-bond acceptors (Lipinski definition) is 0. The molecule has 0 saturated heterocycles. The van der Waals surface area contributed by atoms with E-state index in [1.165, 1.54) is 33.4 Å². The third-order valence-electron chi connectivity index (χ3n) is 4.59. The standard InChI is InChI=1S/C21H18/c1-2-17-18-11-5-6-12-19(18)20-13-7-10-16(21(17)20)14-15-8-3-4-9-15/h2-8,10-13,17H,1,9,14H2. The highest BCUT2D eigenvalue weighted by molar-refractivity contribution is 5.81. The maximum absolute atomic E-state index is 4.09. The maximum atomic E-state index is 4.09. The first kappa shape index (κ1) is 12.4. The first-order valence-electron chi connectivity index (χ1n) is 7.56. The van der Waals surface area contributed by atoms with Crippen LogP contribution in [0.4, 0.5) is 0 Å². The van der Waals surface area contributed by atoms with Crippen LogP contribution < -0.4 is 0 Å². The largest absolute Gasteiger partial charge is 0.102 e. The summed E-state index contributed by atoms with van der Waals surface area (Å²) in [6, 6.07) is 15.5. The van der Waals surface area contributed by atoms with Gasteiger partial charge in [0.25, 0.3) is 0 Å². The minimum Gasteiger partial charge on any atom is -0.102 e. The summed E-state index contributed by atoms with van der Waals surface area (Å²) in [6.07, 6.45) is 10.9. The van der Waals surface area contributed by atoms with Crippen molar-refractivity contribution in [1.29, 1.82) is 0 Å². The van der Waals surface area contributed by atoms with E-state index in [-0.39, 0.29) is 0 Å². The first-order chi connectivity index (χ1) is 10.4. The second kappa shape index (κ2) is 4.89. The van der Waals surface area contributed by atoms with Crippen LogP contribution in [0.3, 0.4) is 0 Å². The molecule has 0 bridgehead atoms. The summed E-state index contributed by atoms with van der Waals surface area (Å²) < 4.78 is 0. The zero-order chi connectivity index (χ0) is 14.2. The highest BCUT2D eigenvalue weighted by atomic mass is 14.3. The van der Waals surface area contributed by atoms with E-state index in [9.17, 15) is 0 Å². The Balaban J connectivity index is 1.85. The number of rotatable bonds is 3. The third-order valence-corrected chi connectivity index (χ3v) is 4.59. The summed E-state index contributed by atoms with van der Waals surface area (Å²) in [7, 11) is 0. The molecular weight excluding hydrogens is 252 g/mol. The van der Waals surface area contributed by atoms with E-state index >= 15 is 0 Å². The fourth-order valence-electron chi connectivity index (χ4n) is 3.65. The summed E-state index contributed by atoms with van der Waals surface area (Å²) in [5.74, 6) is 0.336. The Morgan fingerprint density at radius 3 is 2.71 bits per heavy atom. The molecule has 1 atom stereocenters. The average molecular weight is 270 g/mol. The summed E-state index contributed by atoms with van der Waals surface area (Å²) in [4.78, 5) is 0. The molecule has 0 fully saturated rings. The molecule has 102 valence electrons. The molecule has 0 heteroatoms. The van der Waals surface area contributed by atoms with Gasteiger partial charge < -0.3 is 0 Å². The molecule has 1 unspecified atom stereocenters. The van der Waals surface area contributed by atoms with Gasteiger partial charge in [0.05, 0.1) is 0 Å². The second-order valence-electron chi connectivity index (χ2n) is 5.81. The van der Waals surface area contributed by atoms with Gasteiger partial charge in [-0.15, -0.1) is 6.58 Å². The molecule has 0 saturated carbocycles. The zero-order valence-electron chi connectivity index (χ0n) is 12.0. The zero-order valence-corrected chi connectivity index (χ0v) is 12.0. The van der Waals surface area contributed by atoms with Gasteiger partial charge in [0.1, 0.15) is 0 Å². The lowest BCUT2D eigenvalue weighted by Crippen LogP contribution is -1.99. The van der Waals surface area contributed by atoms with Gasteiger partial charge in [0.2, 0.25) is 0 Å². The van der Waals surface area contributed by atoms with E-state index in [4.69, 9.17) is 0 Å². The minimum absolute atomic E-state index is 0.336. The van der Waals surface area contributed by atoms with Crippen LogP contribution in [0.25, 0.3) is 11.1 Å². The van der Waals surface area contributed by atoms with Gasteiger partial charge in [-0.1, -0.05) is 72.3 Å². The molecule has 0 amide bonds. The van der Waals surface area contributed by atoms with Crippen LogP contribution in [0.5, 0.6) is 0 Å². The monoisotopic (exact) mass is 270 g/mol. The number of hydrogen-bond donors (Lipinski definition) is 0. The van der Waals surface area contributed by atoms with Crippen molar-refractivity contribution >= 4 is 0 Å². The summed E-state index contributed by atoms with van der Waals surface area (Å²) in [5.41, 5.74) is 8.57. The van der Waals surface area contributed by atoms with Crippen molar-refractivity contribution < 1.29 is 0 Å². The van der Waals surface area contributed by atoms with E-state index in [0.717, 1.165) is 12.8 Å². The van der Waals surface area contributed by atoms with Gasteiger partial charge in [-0.05, 0) is 40.7 Å². The molecular formula is C21H18. The Labute approximate surface area is 126 Å². The van der Waals surface area contributed by atoms with E-state index in [2.05, 4.69) is 73.3 Å². The van der Waals surface area contributed by atoms with Crippen molar-refractivity contribution in [1.82, 2.24) is 0 Å². The molecule has 0 nitrogen and oxygen atoms in total. The summed E-state index contributed by atoms with van der Waals surface area (Å²) in [5, 5.41) is 0. The molecule has 2 aliphatic carbocycles. The van der Waals surface area contributed by atoms with Gasteiger partial charge in [0.15, 0.2) is 0 Å². The van der Waals surface area contributed by atoms with Crippen molar-refractivity contribution in [2.45, 2.75) is 18.8 Å². The summed E-state index contributed by atoms with van der Waals surface area (Å²) in [6.45, 7) is 4.09. The van der Waals surface area contributed by atoms with Crippen molar-refractivity contribution in [3.05, 3.63) is 95.6 Å². The van der Waals surface area contributed by atoms with Crippen molar-refractivity contribution in [3.63, 3.8) is 0 Å². The Morgan fingerprint density at radius 1 is 1.05 bits per heavy atom. The quantitative estimate of drug-likeness (QED) is 0.654. The molecule has 21 heavy (non-hydrogen) atoms. The van der Waals surface area contributed by atoms with Crippen molar-refractivity contribution in [2.24, 2.45) is 0 Å². The average Bonchev–Trinajstić information content (AvgIpc) is 3.13. The minimum atomic E-state index is 0.336. The predicted octanol–water partition coefficient (Wildman–Crippen LogP) is 5.41. The van der Waals surface area contributed by atoms with Gasteiger partial charge in [-0.25, -0.2) is 0 Å². The molecule has 0 radical (unpaired) electrons. The lowest BCUT2D eigenvalue weighted by atomic mass is 9.90. The highest BCUT2D eigenvalue weighted by Crippen LogP contribution is 2.47. The van der Waals surface area contributed by atoms with Gasteiger partial charge in [0, 0.05) is 5.92 Å². The van der Waals surface area contributed by atoms with E-state index in [1.807, 2.05) is 0 Å². The fraction of sp³-hybridized carbons (Fsp3) is 0.143. The second-order valence-corrected chi connectivity index (χ2v) is 5.81. The smallest absolute Gasteiger partial charge is 0.0282 e. The number of fused-ring (bicyclic) bond motifs is 3. The van der Waals surface area contributed by atoms with Gasteiger partial charge in [-0.3, -0.25) is 0 Å². The predicted molar refractivity (Wildman–Crippen MR) is 89.5 cm³/mol. The van der Waals surface area contributed by atoms with Crippen LogP contribution in [0.1, 0.15) is 29.0 Å². The Hall–Kier alpha value is -2.34. The fourth-order valence-corrected chi connectivity index (χ4v) is 3.65. The topological polar surface area (TPSA) is 0 Å². The molecule has 0 spiro atoms. The number of benzene rings is 2. The molecule has 4 rings (SSSR count). The van der Waals surface area contributed by atoms with Crippen molar-refractivity contribution in [3.8, 4) is 11.1 Å². The number of allylic oxidation sites excluding steroid dienone is 5. The lowest BCUT2D eigenvalue weighted by Gasteiger charge is -2.14. The van der Waals surface area contributed by atoms with Crippen LogP contribution in [-0.2, 0) is 6.42 Å². The molecule has 0 aliphatic heterocycles. The molecule has 0 aromatic heterocycles. The van der Waals surface area contributed by atoms with Crippen LogP contribution in [-0.4, -0.2) is 0 Å². The van der Waals surface area contributed by atoms with Crippen molar-refractivity contribution in [2.75, 3.05) is 0 Å². The Morgan fingerprint density at radius 2 is 1.90 bits per heavy atom. The first-order valence-corrected chi connectivity index (χ1v) is 7.56.